The number of furan rings is 1. The average Bonchev–Trinajstić information content (AvgIpc) is 3.55. The number of allylic oxidation sites excluding steroid dienone is 2. The molecule has 0 spiro atoms. The molecular weight excluding hydrogens is 506 g/mol. The Morgan fingerprint density at radius 3 is 2.36 bits per heavy atom. The molecular formula is C33H20ClN3O2. The van der Waals surface area contributed by atoms with E-state index in [0.29, 0.717) is 17.5 Å². The zero-order valence-corrected chi connectivity index (χ0v) is 21.3. The van der Waals surface area contributed by atoms with Crippen LogP contribution in [0.1, 0.15) is 11.5 Å². The van der Waals surface area contributed by atoms with Crippen LogP contribution in [0.4, 0.5) is 0 Å². The van der Waals surface area contributed by atoms with E-state index in [2.05, 4.69) is 18.2 Å². The van der Waals surface area contributed by atoms with Gasteiger partial charge in [0, 0.05) is 38.4 Å². The highest BCUT2D eigenvalue weighted by Gasteiger charge is 2.33. The molecule has 186 valence electrons. The van der Waals surface area contributed by atoms with E-state index in [1.165, 1.54) is 0 Å². The fourth-order valence-electron chi connectivity index (χ4n) is 5.47. The van der Waals surface area contributed by atoms with Gasteiger partial charge >= 0.3 is 0 Å². The predicted octanol–water partition coefficient (Wildman–Crippen LogP) is 8.31. The van der Waals surface area contributed by atoms with E-state index < -0.39 is 0 Å². The number of para-hydroxylation sites is 2. The van der Waals surface area contributed by atoms with Gasteiger partial charge in [-0.2, -0.15) is 0 Å². The zero-order chi connectivity index (χ0) is 25.9. The minimum atomic E-state index is -0.0581. The van der Waals surface area contributed by atoms with Crippen molar-refractivity contribution in [2.45, 2.75) is 12.0 Å². The SMILES string of the molecule is ClC1=CC2c3ccc(-c4nc(-c5ccccc5)nc(-c5cccc6c5oc5ccccc56)n4)cc3OC2C=C1. The van der Waals surface area contributed by atoms with Gasteiger partial charge in [-0.15, -0.1) is 0 Å². The molecule has 6 heteroatoms. The van der Waals surface area contributed by atoms with Crippen molar-refractivity contribution in [3.8, 4) is 39.9 Å². The Balaban J connectivity index is 1.31. The number of ether oxygens (including phenoxy) is 1. The third kappa shape index (κ3) is 3.66. The molecule has 0 saturated heterocycles. The largest absolute Gasteiger partial charge is 0.485 e. The molecule has 6 aromatic rings. The summed E-state index contributed by atoms with van der Waals surface area (Å²) in [7, 11) is 0. The molecule has 0 bridgehead atoms. The Labute approximate surface area is 229 Å². The second kappa shape index (κ2) is 8.65. The number of hydrogen-bond acceptors (Lipinski definition) is 5. The molecule has 4 aromatic carbocycles. The van der Waals surface area contributed by atoms with Gasteiger partial charge in [0.25, 0.3) is 0 Å². The van der Waals surface area contributed by atoms with Crippen LogP contribution in [-0.4, -0.2) is 21.1 Å². The third-order valence-corrected chi connectivity index (χ3v) is 7.60. The van der Waals surface area contributed by atoms with Crippen LogP contribution in [0.5, 0.6) is 5.75 Å². The maximum absolute atomic E-state index is 6.31. The average molecular weight is 526 g/mol. The standard InChI is InChI=1S/C33H20ClN3O2/c34-21-14-16-28-26(18-21)23-15-13-20(17-29(23)38-28)32-35-31(19-7-2-1-3-8-19)36-33(37-32)25-11-6-10-24-22-9-4-5-12-27(22)39-30(24)25/h1-18,26,28H. The fraction of sp³-hybridized carbons (Fsp3) is 0.0606. The number of rotatable bonds is 3. The topological polar surface area (TPSA) is 61.0 Å². The highest BCUT2D eigenvalue weighted by atomic mass is 35.5. The molecule has 0 radical (unpaired) electrons. The van der Waals surface area contributed by atoms with Gasteiger partial charge in [0.15, 0.2) is 17.5 Å². The quantitative estimate of drug-likeness (QED) is 0.232. The molecule has 1 aliphatic carbocycles. The molecule has 8 rings (SSSR count). The summed E-state index contributed by atoms with van der Waals surface area (Å²) >= 11 is 6.28. The molecule has 3 heterocycles. The van der Waals surface area contributed by atoms with Gasteiger partial charge in [-0.25, -0.2) is 15.0 Å². The molecule has 0 amide bonds. The molecule has 39 heavy (non-hydrogen) atoms. The van der Waals surface area contributed by atoms with Crippen LogP contribution >= 0.6 is 11.6 Å². The van der Waals surface area contributed by atoms with Crippen molar-refractivity contribution >= 4 is 33.5 Å². The van der Waals surface area contributed by atoms with Gasteiger partial charge in [0.05, 0.1) is 5.56 Å². The number of fused-ring (bicyclic) bond motifs is 6. The summed E-state index contributed by atoms with van der Waals surface area (Å²) < 4.78 is 12.6. The predicted molar refractivity (Wildman–Crippen MR) is 154 cm³/mol. The summed E-state index contributed by atoms with van der Waals surface area (Å²) in [5.74, 6) is 2.63. The molecule has 2 aromatic heterocycles. The minimum absolute atomic E-state index is 0.0581. The van der Waals surface area contributed by atoms with E-state index in [4.69, 9.17) is 35.7 Å². The smallest absolute Gasteiger partial charge is 0.167 e. The summed E-state index contributed by atoms with van der Waals surface area (Å²) in [6.45, 7) is 0. The van der Waals surface area contributed by atoms with Gasteiger partial charge in [0.2, 0.25) is 0 Å². The first kappa shape index (κ1) is 22.3. The van der Waals surface area contributed by atoms with Gasteiger partial charge in [-0.1, -0.05) is 90.5 Å². The normalized spacial score (nSPS) is 17.6. The number of nitrogens with zero attached hydrogens (tertiary/aromatic N) is 3. The van der Waals surface area contributed by atoms with Crippen LogP contribution in [-0.2, 0) is 0 Å². The van der Waals surface area contributed by atoms with Crippen LogP contribution in [0, 0.1) is 0 Å². The van der Waals surface area contributed by atoms with Crippen molar-refractivity contribution in [1.29, 1.82) is 0 Å². The third-order valence-electron chi connectivity index (χ3n) is 7.34. The lowest BCUT2D eigenvalue weighted by atomic mass is 9.91. The highest BCUT2D eigenvalue weighted by molar-refractivity contribution is 6.31. The Kier molecular flexibility index (Phi) is 4.94. The lowest BCUT2D eigenvalue weighted by molar-refractivity contribution is 0.269. The first-order chi connectivity index (χ1) is 19.2. The van der Waals surface area contributed by atoms with Crippen LogP contribution in [0.25, 0.3) is 56.1 Å². The Morgan fingerprint density at radius 1 is 0.692 bits per heavy atom. The molecule has 2 atom stereocenters. The van der Waals surface area contributed by atoms with Crippen molar-refractivity contribution in [1.82, 2.24) is 15.0 Å². The van der Waals surface area contributed by atoms with Gasteiger partial charge in [0.1, 0.15) is 23.0 Å². The van der Waals surface area contributed by atoms with Gasteiger partial charge in [-0.3, -0.25) is 0 Å². The van der Waals surface area contributed by atoms with Crippen molar-refractivity contribution in [3.05, 3.63) is 120 Å². The molecule has 0 saturated carbocycles. The summed E-state index contributed by atoms with van der Waals surface area (Å²) in [6, 6.07) is 30.2. The van der Waals surface area contributed by atoms with Gasteiger partial charge < -0.3 is 9.15 Å². The zero-order valence-electron chi connectivity index (χ0n) is 20.6. The minimum Gasteiger partial charge on any atom is -0.485 e. The molecule has 0 N–H and O–H groups in total. The van der Waals surface area contributed by atoms with Crippen LogP contribution in [0.3, 0.4) is 0 Å². The maximum atomic E-state index is 6.31. The molecule has 5 nitrogen and oxygen atoms in total. The summed E-state index contributed by atoms with van der Waals surface area (Å²) in [5.41, 5.74) is 5.27. The Bertz CT molecular complexity index is 1980. The van der Waals surface area contributed by atoms with E-state index in [1.807, 2.05) is 91.0 Å². The number of hydrogen-bond donors (Lipinski definition) is 0. The molecule has 2 aliphatic rings. The fourth-order valence-corrected chi connectivity index (χ4v) is 5.68. The first-order valence-corrected chi connectivity index (χ1v) is 13.2. The highest BCUT2D eigenvalue weighted by Crippen LogP contribution is 2.44. The van der Waals surface area contributed by atoms with Crippen molar-refractivity contribution in [2.24, 2.45) is 0 Å². The van der Waals surface area contributed by atoms with E-state index in [1.54, 1.807) is 0 Å². The van der Waals surface area contributed by atoms with Crippen LogP contribution in [0.2, 0.25) is 0 Å². The molecule has 2 unspecified atom stereocenters. The van der Waals surface area contributed by atoms with Crippen molar-refractivity contribution in [2.75, 3.05) is 0 Å². The monoisotopic (exact) mass is 525 g/mol. The number of aromatic nitrogens is 3. The summed E-state index contributed by atoms with van der Waals surface area (Å²) in [5, 5.41) is 2.82. The lowest BCUT2D eigenvalue weighted by Gasteiger charge is -2.15. The second-order valence-electron chi connectivity index (χ2n) is 9.72. The second-order valence-corrected chi connectivity index (χ2v) is 10.2. The van der Waals surface area contributed by atoms with E-state index in [-0.39, 0.29) is 12.0 Å². The van der Waals surface area contributed by atoms with Crippen LogP contribution in [0.15, 0.2) is 119 Å². The van der Waals surface area contributed by atoms with Crippen molar-refractivity contribution < 1.29 is 9.15 Å². The lowest BCUT2D eigenvalue weighted by Crippen LogP contribution is -2.16. The Hall–Kier alpha value is -4.74. The Morgan fingerprint density at radius 2 is 1.46 bits per heavy atom. The van der Waals surface area contributed by atoms with Crippen LogP contribution < -0.4 is 4.74 Å². The summed E-state index contributed by atoms with van der Waals surface area (Å²) in [6.07, 6.45) is 5.88. The number of halogens is 1. The summed E-state index contributed by atoms with van der Waals surface area (Å²) in [4.78, 5) is 14.8. The number of benzene rings is 4. The van der Waals surface area contributed by atoms with Gasteiger partial charge in [-0.05, 0) is 30.4 Å². The molecule has 1 aliphatic heterocycles. The maximum Gasteiger partial charge on any atom is 0.167 e. The van der Waals surface area contributed by atoms with E-state index in [9.17, 15) is 0 Å². The van der Waals surface area contributed by atoms with E-state index in [0.717, 1.165) is 55.0 Å². The first-order valence-electron chi connectivity index (χ1n) is 12.8. The van der Waals surface area contributed by atoms with Crippen molar-refractivity contribution in [3.63, 3.8) is 0 Å². The van der Waals surface area contributed by atoms with E-state index >= 15 is 0 Å². The molecule has 0 fully saturated rings.